The highest BCUT2D eigenvalue weighted by Gasteiger charge is 2.06. The summed E-state index contributed by atoms with van der Waals surface area (Å²) in [6, 6.07) is 15.6. The maximum absolute atomic E-state index is 12.1. The van der Waals surface area contributed by atoms with E-state index in [-0.39, 0.29) is 5.43 Å². The molecule has 0 radical (unpaired) electrons. The second kappa shape index (κ2) is 4.04. The van der Waals surface area contributed by atoms with Gasteiger partial charge in [0.05, 0.1) is 5.39 Å². The smallest absolute Gasteiger partial charge is 0.293 e. The van der Waals surface area contributed by atoms with Crippen LogP contribution in [0.4, 0.5) is 0 Å². The molecule has 0 aliphatic heterocycles. The first-order valence-electron chi connectivity index (χ1n) is 5.95. The molecule has 1 heterocycles. The van der Waals surface area contributed by atoms with E-state index >= 15 is 0 Å². The standard InChI is InChI=1S/C15H10O3/c16-11-6-7-14-12(8-11)13(17)9-15(18-14)10-4-2-1-3-5-10/h1-9,16H/i/hD. The summed E-state index contributed by atoms with van der Waals surface area (Å²) >= 11 is 0. The molecule has 0 aliphatic carbocycles. The van der Waals surface area contributed by atoms with Crippen molar-refractivity contribution in [2.24, 2.45) is 0 Å². The van der Waals surface area contributed by atoms with Crippen LogP contribution in [0.15, 0.2) is 63.8 Å². The second-order valence-electron chi connectivity index (χ2n) is 4.00. The minimum Gasteiger partial charge on any atom is -0.508 e. The highest BCUT2D eigenvalue weighted by molar-refractivity contribution is 5.80. The molecule has 0 aliphatic rings. The maximum atomic E-state index is 12.1. The van der Waals surface area contributed by atoms with E-state index in [1.165, 1.54) is 12.1 Å². The van der Waals surface area contributed by atoms with Gasteiger partial charge in [0.15, 0.2) is 5.43 Å². The topological polar surface area (TPSA) is 50.4 Å². The monoisotopic (exact) mass is 239 g/mol. The third-order valence-electron chi connectivity index (χ3n) is 2.76. The van der Waals surface area contributed by atoms with Crippen molar-refractivity contribution in [3.05, 3.63) is 64.8 Å². The van der Waals surface area contributed by atoms with Crippen molar-refractivity contribution < 1.29 is 9.53 Å². The zero-order valence-corrected chi connectivity index (χ0v) is 9.42. The van der Waals surface area contributed by atoms with Crippen LogP contribution in [0.2, 0.25) is 0 Å². The molecule has 3 nitrogen and oxygen atoms in total. The number of phenolic OH excluding ortho intramolecular Hbond substituents is 1. The molecule has 0 bridgehead atoms. The summed E-state index contributed by atoms with van der Waals surface area (Å²) in [6.07, 6.45) is 0. The lowest BCUT2D eigenvalue weighted by Gasteiger charge is -2.03. The average molecular weight is 239 g/mol. The van der Waals surface area contributed by atoms with E-state index in [2.05, 4.69) is 5.11 Å². The van der Waals surface area contributed by atoms with E-state index in [1.54, 1.807) is 12.1 Å². The van der Waals surface area contributed by atoms with E-state index in [9.17, 15) is 4.79 Å². The van der Waals surface area contributed by atoms with Crippen molar-refractivity contribution in [1.82, 2.24) is 0 Å². The van der Waals surface area contributed by atoms with Gasteiger partial charge in [0.25, 0.3) is 1.43 Å². The Bertz CT molecular complexity index is 778. The Labute approximate surface area is 104 Å². The van der Waals surface area contributed by atoms with Crippen LogP contribution in [-0.4, -0.2) is 6.54 Å². The predicted molar refractivity (Wildman–Crippen MR) is 69.6 cm³/mol. The molecule has 0 amide bonds. The Balaban J connectivity index is 2.23. The van der Waals surface area contributed by atoms with Crippen molar-refractivity contribution in [2.45, 2.75) is 0 Å². The Morgan fingerprint density at radius 1 is 1.06 bits per heavy atom. The molecule has 3 heteroatoms. The molecule has 0 spiro atoms. The van der Waals surface area contributed by atoms with Crippen molar-refractivity contribution >= 4 is 11.0 Å². The molecule has 0 saturated heterocycles. The number of hydrogen-bond donors (Lipinski definition) is 1. The lowest BCUT2D eigenvalue weighted by atomic mass is 10.1. The number of fused-ring (bicyclic) bond motifs is 1. The fourth-order valence-corrected chi connectivity index (χ4v) is 1.88. The molecule has 0 fully saturated rings. The molecule has 18 heavy (non-hydrogen) atoms. The van der Waals surface area contributed by atoms with Gasteiger partial charge in [-0.25, -0.2) is 0 Å². The molecule has 0 atom stereocenters. The van der Waals surface area contributed by atoms with Gasteiger partial charge in [0.2, 0.25) is 0 Å². The van der Waals surface area contributed by atoms with E-state index in [0.29, 0.717) is 22.5 Å². The third-order valence-corrected chi connectivity index (χ3v) is 2.76. The van der Waals surface area contributed by atoms with Crippen molar-refractivity contribution in [2.75, 3.05) is 0 Å². The Morgan fingerprint density at radius 2 is 1.89 bits per heavy atom. The SMILES string of the molecule is [2H]Oc1ccc2oc(-c3ccccc3)cc(=O)c2c1. The Morgan fingerprint density at radius 3 is 2.67 bits per heavy atom. The van der Waals surface area contributed by atoms with Crippen LogP contribution in [0.1, 0.15) is 0 Å². The summed E-state index contributed by atoms with van der Waals surface area (Å²) in [7, 11) is 0. The minimum absolute atomic E-state index is 0.154. The minimum atomic E-state index is -0.154. The normalized spacial score (nSPS) is 11.2. The van der Waals surface area contributed by atoms with Gasteiger partial charge in [-0.05, 0) is 18.2 Å². The van der Waals surface area contributed by atoms with Crippen LogP contribution in [0.3, 0.4) is 0 Å². The number of rotatable bonds is 2. The highest BCUT2D eigenvalue weighted by atomic mass is 16.3. The third kappa shape index (κ3) is 1.76. The van der Waals surface area contributed by atoms with E-state index in [0.717, 1.165) is 5.56 Å². The number of benzene rings is 2. The Kier molecular flexibility index (Phi) is 2.12. The van der Waals surface area contributed by atoms with Crippen molar-refractivity contribution in [3.8, 4) is 17.1 Å². The molecule has 1 aromatic heterocycles. The fourth-order valence-electron chi connectivity index (χ4n) is 1.88. The average Bonchev–Trinajstić information content (AvgIpc) is 2.48. The second-order valence-corrected chi connectivity index (χ2v) is 4.00. The largest absolute Gasteiger partial charge is 0.508 e. The zero-order valence-electron chi connectivity index (χ0n) is 10.4. The summed E-state index contributed by atoms with van der Waals surface area (Å²) in [6.45, 7) is 0. The van der Waals surface area contributed by atoms with E-state index in [4.69, 9.17) is 5.85 Å². The fraction of sp³-hybridized carbons (Fsp3) is 0. The molecular formula is C15H10O3. The molecule has 2 aromatic carbocycles. The van der Waals surface area contributed by atoms with Crippen LogP contribution in [-0.2, 0) is 0 Å². The molecule has 0 unspecified atom stereocenters. The summed E-state index contributed by atoms with van der Waals surface area (Å²) in [5, 5.41) is 4.77. The number of hydrogen-bond acceptors (Lipinski definition) is 3. The molecule has 88 valence electrons. The summed E-state index contributed by atoms with van der Waals surface area (Å²) in [5.41, 5.74) is 1.17. The van der Waals surface area contributed by atoms with E-state index < -0.39 is 0 Å². The number of phenols is 1. The van der Waals surface area contributed by atoms with Crippen LogP contribution < -0.4 is 5.43 Å². The molecule has 0 saturated carbocycles. The first-order chi connectivity index (χ1) is 9.28. The molecule has 3 aromatic rings. The summed E-state index contributed by atoms with van der Waals surface area (Å²) < 4.78 is 12.5. The maximum Gasteiger partial charge on any atom is 0.293 e. The summed E-state index contributed by atoms with van der Waals surface area (Å²) in [5.74, 6) is 0.838. The molecule has 1 N–H and O–H groups in total. The quantitative estimate of drug-likeness (QED) is 0.747. The van der Waals surface area contributed by atoms with Crippen LogP contribution in [0, 0.1) is 0 Å². The van der Waals surface area contributed by atoms with Gasteiger partial charge < -0.3 is 9.53 Å². The van der Waals surface area contributed by atoms with Gasteiger partial charge in [-0.1, -0.05) is 30.3 Å². The van der Waals surface area contributed by atoms with Gasteiger partial charge in [-0.2, -0.15) is 0 Å². The van der Waals surface area contributed by atoms with Gasteiger partial charge >= 0.3 is 0 Å². The lowest BCUT2D eigenvalue weighted by Crippen LogP contribution is -1.99. The van der Waals surface area contributed by atoms with Crippen molar-refractivity contribution in [1.29, 1.82) is 1.43 Å². The lowest BCUT2D eigenvalue weighted by molar-refractivity contribution is 0.475. The van der Waals surface area contributed by atoms with Gasteiger partial charge in [0, 0.05) is 11.6 Å². The molecular weight excluding hydrogens is 228 g/mol. The van der Waals surface area contributed by atoms with Crippen LogP contribution in [0.25, 0.3) is 22.3 Å². The zero-order chi connectivity index (χ0) is 13.2. The Hall–Kier alpha value is -2.55. The summed E-state index contributed by atoms with van der Waals surface area (Å²) in [4.78, 5) is 12.1. The number of aromatic hydroxyl groups is 1. The van der Waals surface area contributed by atoms with Crippen molar-refractivity contribution in [3.63, 3.8) is 0 Å². The van der Waals surface area contributed by atoms with Gasteiger partial charge in [-0.3, -0.25) is 4.79 Å². The highest BCUT2D eigenvalue weighted by Crippen LogP contribution is 2.23. The van der Waals surface area contributed by atoms with Crippen LogP contribution in [0.5, 0.6) is 5.75 Å². The van der Waals surface area contributed by atoms with Crippen LogP contribution >= 0.6 is 0 Å². The first kappa shape index (κ1) is 9.48. The molecule has 3 rings (SSSR count). The van der Waals surface area contributed by atoms with Gasteiger partial charge in [0.1, 0.15) is 17.1 Å². The first-order valence-corrected chi connectivity index (χ1v) is 5.54. The van der Waals surface area contributed by atoms with Gasteiger partial charge in [-0.15, -0.1) is 0 Å². The predicted octanol–water partition coefficient (Wildman–Crippen LogP) is 3.17. The van der Waals surface area contributed by atoms with E-state index in [1.807, 2.05) is 30.3 Å².